The van der Waals surface area contributed by atoms with E-state index in [1.807, 2.05) is 55.5 Å². The molecule has 0 unspecified atom stereocenters. The maximum Gasteiger partial charge on any atom is 0.336 e. The summed E-state index contributed by atoms with van der Waals surface area (Å²) in [4.78, 5) is 13.9. The van der Waals surface area contributed by atoms with Gasteiger partial charge in [0.25, 0.3) is 0 Å². The minimum atomic E-state index is -0.905. The van der Waals surface area contributed by atoms with Crippen molar-refractivity contribution in [1.82, 2.24) is 0 Å². The summed E-state index contributed by atoms with van der Waals surface area (Å²) in [6, 6.07) is 13.5. The standard InChI is InChI=1S/C20H21NO3/c1-15-7-9-18(20(22)23)17(10-8-16-5-3-2-4-6-16)19(15)21-11-13-24-14-12-21/h2-10H,11-14H2,1H3,(H,22,23). The van der Waals surface area contributed by atoms with E-state index < -0.39 is 5.97 Å². The average Bonchev–Trinajstić information content (AvgIpc) is 2.61. The number of rotatable bonds is 4. The zero-order valence-electron chi connectivity index (χ0n) is 13.7. The van der Waals surface area contributed by atoms with Crippen LogP contribution in [0.5, 0.6) is 0 Å². The van der Waals surface area contributed by atoms with E-state index in [0.29, 0.717) is 18.8 Å². The highest BCUT2D eigenvalue weighted by Crippen LogP contribution is 2.31. The van der Waals surface area contributed by atoms with Crippen LogP contribution < -0.4 is 4.90 Å². The Labute approximate surface area is 142 Å². The van der Waals surface area contributed by atoms with Gasteiger partial charge < -0.3 is 14.7 Å². The number of nitrogens with zero attached hydrogens (tertiary/aromatic N) is 1. The van der Waals surface area contributed by atoms with E-state index in [2.05, 4.69) is 4.90 Å². The fraction of sp³-hybridized carbons (Fsp3) is 0.250. The van der Waals surface area contributed by atoms with Crippen LogP contribution in [0.1, 0.15) is 27.0 Å². The van der Waals surface area contributed by atoms with Crippen molar-refractivity contribution < 1.29 is 14.6 Å². The van der Waals surface area contributed by atoms with Crippen LogP contribution in [0.25, 0.3) is 12.2 Å². The lowest BCUT2D eigenvalue weighted by molar-refractivity contribution is 0.0696. The molecule has 0 spiro atoms. The van der Waals surface area contributed by atoms with Gasteiger partial charge in [0.1, 0.15) is 0 Å². The number of hydrogen-bond donors (Lipinski definition) is 1. The smallest absolute Gasteiger partial charge is 0.336 e. The number of carboxylic acids is 1. The Balaban J connectivity index is 2.08. The molecule has 0 atom stereocenters. The van der Waals surface area contributed by atoms with E-state index in [1.165, 1.54) is 0 Å². The molecule has 0 aromatic heterocycles. The molecule has 0 amide bonds. The lowest BCUT2D eigenvalue weighted by Gasteiger charge is -2.32. The van der Waals surface area contributed by atoms with Crippen LogP contribution in [0, 0.1) is 6.92 Å². The fourth-order valence-electron chi connectivity index (χ4n) is 3.02. The monoisotopic (exact) mass is 323 g/mol. The highest BCUT2D eigenvalue weighted by molar-refractivity contribution is 5.97. The number of carboxylic acid groups (broad SMARTS) is 1. The molecule has 3 rings (SSSR count). The Bertz CT molecular complexity index is 747. The van der Waals surface area contributed by atoms with Crippen LogP contribution in [0.2, 0.25) is 0 Å². The summed E-state index contributed by atoms with van der Waals surface area (Å²) < 4.78 is 5.43. The number of aromatic carboxylic acids is 1. The van der Waals surface area contributed by atoms with Gasteiger partial charge in [0.2, 0.25) is 0 Å². The number of aryl methyl sites for hydroxylation is 1. The summed E-state index contributed by atoms with van der Waals surface area (Å²) in [5.41, 5.74) is 4.20. The molecule has 0 saturated carbocycles. The van der Waals surface area contributed by atoms with Crippen LogP contribution in [0.4, 0.5) is 5.69 Å². The van der Waals surface area contributed by atoms with Crippen molar-refractivity contribution in [3.63, 3.8) is 0 Å². The molecule has 1 heterocycles. The quantitative estimate of drug-likeness (QED) is 0.872. The third kappa shape index (κ3) is 3.49. The first-order valence-corrected chi connectivity index (χ1v) is 8.09. The van der Waals surface area contributed by atoms with E-state index in [9.17, 15) is 9.90 Å². The van der Waals surface area contributed by atoms with Gasteiger partial charge in [-0.1, -0.05) is 48.6 Å². The Kier molecular flexibility index (Phi) is 4.96. The van der Waals surface area contributed by atoms with Crippen molar-refractivity contribution in [1.29, 1.82) is 0 Å². The van der Waals surface area contributed by atoms with Crippen LogP contribution in [-0.4, -0.2) is 37.4 Å². The summed E-state index contributed by atoms with van der Waals surface area (Å²) in [5, 5.41) is 9.60. The molecule has 4 heteroatoms. The lowest BCUT2D eigenvalue weighted by atomic mass is 9.98. The van der Waals surface area contributed by atoms with Gasteiger partial charge >= 0.3 is 5.97 Å². The average molecular weight is 323 g/mol. The van der Waals surface area contributed by atoms with Crippen LogP contribution in [0.3, 0.4) is 0 Å². The van der Waals surface area contributed by atoms with Crippen molar-refractivity contribution in [2.75, 3.05) is 31.2 Å². The molecule has 0 radical (unpaired) electrons. The Morgan fingerprint density at radius 2 is 1.79 bits per heavy atom. The Morgan fingerprint density at radius 3 is 2.46 bits per heavy atom. The van der Waals surface area contributed by atoms with Gasteiger partial charge in [-0.05, 0) is 24.1 Å². The SMILES string of the molecule is Cc1ccc(C(=O)O)c(C=Cc2ccccc2)c1N1CCOCC1. The zero-order valence-corrected chi connectivity index (χ0v) is 13.7. The lowest BCUT2D eigenvalue weighted by Crippen LogP contribution is -2.37. The number of morpholine rings is 1. The number of benzene rings is 2. The molecule has 2 aromatic carbocycles. The molecular formula is C20H21NO3. The van der Waals surface area contributed by atoms with Gasteiger partial charge in [-0.25, -0.2) is 4.79 Å². The predicted molar refractivity (Wildman–Crippen MR) is 96.5 cm³/mol. The number of anilines is 1. The first kappa shape index (κ1) is 16.3. The van der Waals surface area contributed by atoms with Gasteiger partial charge in [-0.2, -0.15) is 0 Å². The first-order chi connectivity index (χ1) is 11.7. The fourth-order valence-corrected chi connectivity index (χ4v) is 3.02. The maximum absolute atomic E-state index is 11.7. The van der Waals surface area contributed by atoms with Crippen LogP contribution in [-0.2, 0) is 4.74 Å². The number of ether oxygens (including phenoxy) is 1. The van der Waals surface area contributed by atoms with Crippen molar-refractivity contribution in [2.45, 2.75) is 6.92 Å². The summed E-state index contributed by atoms with van der Waals surface area (Å²) in [5.74, 6) is -0.905. The van der Waals surface area contributed by atoms with E-state index in [4.69, 9.17) is 4.74 Å². The van der Waals surface area contributed by atoms with Gasteiger partial charge in [0, 0.05) is 24.3 Å². The Hall–Kier alpha value is -2.59. The minimum absolute atomic E-state index is 0.328. The predicted octanol–water partition coefficient (Wildman–Crippen LogP) is 3.70. The maximum atomic E-state index is 11.7. The third-order valence-electron chi connectivity index (χ3n) is 4.22. The van der Waals surface area contributed by atoms with Crippen molar-refractivity contribution in [2.24, 2.45) is 0 Å². The molecular weight excluding hydrogens is 302 g/mol. The highest BCUT2D eigenvalue weighted by Gasteiger charge is 2.20. The largest absolute Gasteiger partial charge is 0.478 e. The molecule has 0 aliphatic carbocycles. The van der Waals surface area contributed by atoms with E-state index >= 15 is 0 Å². The van der Waals surface area contributed by atoms with Gasteiger partial charge in [0.15, 0.2) is 0 Å². The van der Waals surface area contributed by atoms with Crippen molar-refractivity contribution in [3.8, 4) is 0 Å². The van der Waals surface area contributed by atoms with Crippen molar-refractivity contribution in [3.05, 3.63) is 64.7 Å². The molecule has 24 heavy (non-hydrogen) atoms. The normalized spacial score (nSPS) is 15.0. The summed E-state index contributed by atoms with van der Waals surface area (Å²) in [6.45, 7) is 4.90. The first-order valence-electron chi connectivity index (χ1n) is 8.09. The second-order valence-electron chi connectivity index (χ2n) is 5.84. The van der Waals surface area contributed by atoms with E-state index in [-0.39, 0.29) is 0 Å². The summed E-state index contributed by atoms with van der Waals surface area (Å²) in [6.07, 6.45) is 3.88. The summed E-state index contributed by atoms with van der Waals surface area (Å²) in [7, 11) is 0. The third-order valence-corrected chi connectivity index (χ3v) is 4.22. The molecule has 2 aromatic rings. The minimum Gasteiger partial charge on any atom is -0.478 e. The second-order valence-corrected chi connectivity index (χ2v) is 5.84. The van der Waals surface area contributed by atoms with E-state index in [1.54, 1.807) is 6.07 Å². The number of carbonyl (C=O) groups is 1. The molecule has 1 fully saturated rings. The molecule has 1 aliphatic heterocycles. The highest BCUT2D eigenvalue weighted by atomic mass is 16.5. The molecule has 124 valence electrons. The summed E-state index contributed by atoms with van der Waals surface area (Å²) >= 11 is 0. The topological polar surface area (TPSA) is 49.8 Å². The number of hydrogen-bond acceptors (Lipinski definition) is 3. The van der Waals surface area contributed by atoms with Gasteiger partial charge in [-0.15, -0.1) is 0 Å². The van der Waals surface area contributed by atoms with Crippen LogP contribution >= 0.6 is 0 Å². The molecule has 1 aliphatic rings. The van der Waals surface area contributed by atoms with Crippen molar-refractivity contribution >= 4 is 23.8 Å². The molecule has 1 saturated heterocycles. The molecule has 1 N–H and O–H groups in total. The molecule has 4 nitrogen and oxygen atoms in total. The van der Waals surface area contributed by atoms with Gasteiger partial charge in [0.05, 0.1) is 18.8 Å². The van der Waals surface area contributed by atoms with Gasteiger partial charge in [-0.3, -0.25) is 0 Å². The zero-order chi connectivity index (χ0) is 16.9. The Morgan fingerprint density at radius 1 is 1.08 bits per heavy atom. The van der Waals surface area contributed by atoms with Crippen LogP contribution in [0.15, 0.2) is 42.5 Å². The van der Waals surface area contributed by atoms with E-state index in [0.717, 1.165) is 35.5 Å². The molecule has 0 bridgehead atoms. The second kappa shape index (κ2) is 7.32.